The lowest BCUT2D eigenvalue weighted by atomic mass is 9.75. The molecule has 2 aliphatic rings. The quantitative estimate of drug-likeness (QED) is 0.902. The van der Waals surface area contributed by atoms with Gasteiger partial charge < -0.3 is 14.6 Å². The van der Waals surface area contributed by atoms with Gasteiger partial charge in [-0.05, 0) is 53.6 Å². The van der Waals surface area contributed by atoms with Crippen molar-refractivity contribution in [3.8, 4) is 11.5 Å². The highest BCUT2D eigenvalue weighted by molar-refractivity contribution is 5.49. The van der Waals surface area contributed by atoms with Gasteiger partial charge in [0, 0.05) is 39.6 Å². The number of ether oxygens (including phenoxy) is 2. The molecule has 3 unspecified atom stereocenters. The fourth-order valence-corrected chi connectivity index (χ4v) is 2.34. The van der Waals surface area contributed by atoms with Crippen LogP contribution < -0.4 is 9.47 Å². The molecule has 0 aliphatic carbocycles. The topological polar surface area (TPSA) is 41.9 Å². The predicted molar refractivity (Wildman–Crippen MR) is 95.7 cm³/mol. The van der Waals surface area contributed by atoms with E-state index in [9.17, 15) is 6.48 Å². The Morgan fingerprint density at radius 1 is 1.50 bits per heavy atom. The Morgan fingerprint density at radius 3 is 3.00 bits per heavy atom. The molecule has 24 heavy (non-hydrogen) atoms. The van der Waals surface area contributed by atoms with Gasteiger partial charge in [0.05, 0.1) is 29.8 Å². The molecule has 1 N–H and O–H groups in total. The van der Waals surface area contributed by atoms with Gasteiger partial charge in [0.2, 0.25) is 0 Å². The summed E-state index contributed by atoms with van der Waals surface area (Å²) in [5.41, 5.74) is -6.30. The van der Waals surface area contributed by atoms with Crippen LogP contribution in [0.2, 0.25) is 0 Å². The Hall–Kier alpha value is -1.26. The highest BCUT2D eigenvalue weighted by atomic mass is 16.5. The number of methoxy groups -OCH3 is 2. The van der Waals surface area contributed by atoms with Gasteiger partial charge in [0.25, 0.3) is 0 Å². The number of rotatable bonds is 3. The SMILES string of the molecule is [2H]c1c(OC([2H])([2H])[2H])c(OC)c([2H])c2c1C([2H])([2H])C([2H])([2H])N1CC([2H])(C([2H])([2H])C(C)(C([2H])([2H])[2H])C([2H])([2H])[2H])C([2H])(O)C([2H])([2H])C21[2H]. The zero-order valence-electron chi connectivity index (χ0n) is 34.9. The molecule has 2 aliphatic heterocycles. The Labute approximate surface area is 176 Å². The summed E-state index contributed by atoms with van der Waals surface area (Å²) in [7, 11) is -2.52. The van der Waals surface area contributed by atoms with Crippen molar-refractivity contribution in [2.24, 2.45) is 11.3 Å². The average Bonchev–Trinajstić information content (AvgIpc) is 2.83. The maximum Gasteiger partial charge on any atom is 0.161 e. The molecule has 4 heteroatoms. The summed E-state index contributed by atoms with van der Waals surface area (Å²) in [4.78, 5) is -0.170. The van der Waals surface area contributed by atoms with Crippen LogP contribution in [0.1, 0.15) is 80.7 Å². The Kier molecular flexibility index (Phi) is 1.35. The van der Waals surface area contributed by atoms with Crippen molar-refractivity contribution < 1.29 is 44.7 Å². The molecule has 3 atom stereocenters. The van der Waals surface area contributed by atoms with Crippen LogP contribution in [-0.2, 0) is 6.37 Å². The van der Waals surface area contributed by atoms with E-state index in [0.717, 1.165) is 7.11 Å². The second kappa shape index (κ2) is 6.57. The van der Waals surface area contributed by atoms with Crippen LogP contribution in [0.3, 0.4) is 0 Å². The second-order valence-corrected chi connectivity index (χ2v) is 5.34. The van der Waals surface area contributed by atoms with E-state index < -0.39 is 111 Å². The maximum absolute atomic E-state index is 11.6. The van der Waals surface area contributed by atoms with Crippen LogP contribution in [0.15, 0.2) is 12.1 Å². The predicted octanol–water partition coefficient (Wildman–Crippen LogP) is 3.42. The smallest absolute Gasteiger partial charge is 0.161 e. The van der Waals surface area contributed by atoms with E-state index in [-0.39, 0.29) is 4.90 Å². The van der Waals surface area contributed by atoms with Crippen LogP contribution in [0.4, 0.5) is 0 Å². The molecular formula is C20H31NO3. The molecule has 1 fully saturated rings. The normalized spacial score (nSPS) is 58.5. The molecule has 2 heterocycles. The molecule has 1 aromatic carbocycles. The van der Waals surface area contributed by atoms with Gasteiger partial charge in [-0.15, -0.1) is 0 Å². The number of piperidine rings is 1. The molecule has 0 spiro atoms. The molecule has 0 bridgehead atoms. The average molecular weight is 356 g/mol. The van der Waals surface area contributed by atoms with E-state index in [2.05, 4.69) is 0 Å². The van der Waals surface area contributed by atoms with Gasteiger partial charge in [-0.3, -0.25) is 4.90 Å². The number of hydrogen-bond acceptors (Lipinski definition) is 4. The molecule has 0 radical (unpaired) electrons. The van der Waals surface area contributed by atoms with Crippen molar-refractivity contribution in [2.45, 2.75) is 51.8 Å². The van der Waals surface area contributed by atoms with Gasteiger partial charge in [-0.25, -0.2) is 0 Å². The van der Waals surface area contributed by atoms with Gasteiger partial charge in [-0.1, -0.05) is 20.6 Å². The fourth-order valence-electron chi connectivity index (χ4n) is 2.34. The van der Waals surface area contributed by atoms with E-state index in [1.165, 1.54) is 0 Å². The highest BCUT2D eigenvalue weighted by Gasteiger charge is 2.39. The summed E-state index contributed by atoms with van der Waals surface area (Å²) in [6, 6.07) is -6.34. The Bertz CT molecular complexity index is 1400. The first-order valence-electron chi connectivity index (χ1n) is 17.9. The monoisotopic (exact) mass is 355 g/mol. The number of hydrogen-bond donors (Lipinski definition) is 1. The van der Waals surface area contributed by atoms with Crippen molar-refractivity contribution in [3.05, 3.63) is 23.2 Å². The molecule has 0 amide bonds. The van der Waals surface area contributed by atoms with E-state index in [0.29, 0.717) is 6.92 Å². The maximum atomic E-state index is 11.6. The minimum Gasteiger partial charge on any atom is -0.493 e. The molecule has 4 nitrogen and oxygen atoms in total. The minimum absolute atomic E-state index is 0.170. The lowest BCUT2D eigenvalue weighted by molar-refractivity contribution is -0.0259. The molecule has 0 aromatic heterocycles. The van der Waals surface area contributed by atoms with E-state index in [1.807, 2.05) is 0 Å². The van der Waals surface area contributed by atoms with Gasteiger partial charge in [-0.2, -0.15) is 0 Å². The van der Waals surface area contributed by atoms with Gasteiger partial charge in [0.15, 0.2) is 11.5 Å². The third kappa shape index (κ3) is 3.40. The number of fused-ring (bicyclic) bond motifs is 3. The molecule has 0 saturated carbocycles. The first-order valence-corrected chi connectivity index (χ1v) is 6.86. The van der Waals surface area contributed by atoms with Crippen molar-refractivity contribution >= 4 is 0 Å². The third-order valence-corrected chi connectivity index (χ3v) is 3.30. The summed E-state index contributed by atoms with van der Waals surface area (Å²) in [6.45, 7) is -13.1. The lowest BCUT2D eigenvalue weighted by Crippen LogP contribution is -2.48. The minimum atomic E-state index is -4.40. The van der Waals surface area contributed by atoms with Crippen LogP contribution in [0.25, 0.3) is 0 Å². The summed E-state index contributed by atoms with van der Waals surface area (Å²) in [5, 5.41) is 11.6. The van der Waals surface area contributed by atoms with E-state index >= 15 is 0 Å². The summed E-state index contributed by atoms with van der Waals surface area (Å²) >= 11 is 0. The van der Waals surface area contributed by atoms with Crippen molar-refractivity contribution in [2.75, 3.05) is 27.2 Å². The van der Waals surface area contributed by atoms with E-state index in [4.69, 9.17) is 38.3 Å². The summed E-state index contributed by atoms with van der Waals surface area (Å²) in [5.74, 6) is -6.16. The molecule has 134 valence electrons. The van der Waals surface area contributed by atoms with Crippen molar-refractivity contribution in [1.82, 2.24) is 4.90 Å². The summed E-state index contributed by atoms with van der Waals surface area (Å²) < 4.78 is 194. The Morgan fingerprint density at radius 2 is 2.29 bits per heavy atom. The van der Waals surface area contributed by atoms with Crippen LogP contribution >= 0.6 is 0 Å². The van der Waals surface area contributed by atoms with Crippen LogP contribution in [-0.4, -0.2) is 43.3 Å². The van der Waals surface area contributed by atoms with Crippen molar-refractivity contribution in [3.63, 3.8) is 0 Å². The highest BCUT2D eigenvalue weighted by Crippen LogP contribution is 2.44. The molecule has 1 saturated heterocycles. The fraction of sp³-hybridized carbons (Fsp3) is 0.700. The third-order valence-electron chi connectivity index (χ3n) is 3.30. The zero-order valence-corrected chi connectivity index (χ0v) is 12.9. The summed E-state index contributed by atoms with van der Waals surface area (Å²) in [6.07, 6.45) is -16.5. The number of benzene rings is 1. The number of nitrogens with zero attached hydrogens (tertiary/aromatic N) is 1. The standard InChI is InChI=1S/C20H31NO3/c1-20(2,3)11-14-12-21-7-6-13-8-18(23-4)19(24-5)9-15(13)16(21)10-17(14)22/h8-9,14,16-17,22H,6-7,10-12H2,1-5H3/i1D3,2D3,4D3,6D2,7D2,8D,9D,10D2,11D2,14D,16D,17D. The van der Waals surface area contributed by atoms with Gasteiger partial charge in [0.1, 0.15) is 0 Å². The van der Waals surface area contributed by atoms with Crippen LogP contribution in [0.5, 0.6) is 11.5 Å². The van der Waals surface area contributed by atoms with Crippen molar-refractivity contribution in [1.29, 1.82) is 0 Å². The Balaban J connectivity index is 2.61. The molecular weight excluding hydrogens is 302 g/mol. The van der Waals surface area contributed by atoms with E-state index in [1.54, 1.807) is 0 Å². The zero-order chi connectivity index (χ0) is 36.7. The van der Waals surface area contributed by atoms with Crippen LogP contribution in [0, 0.1) is 11.3 Å². The molecule has 3 rings (SSSR count). The largest absolute Gasteiger partial charge is 0.493 e. The first kappa shape index (κ1) is 4.92. The molecule has 1 aromatic rings. The van der Waals surface area contributed by atoms with Gasteiger partial charge >= 0.3 is 0 Å². The lowest BCUT2D eigenvalue weighted by Gasteiger charge is -2.47. The second-order valence-electron chi connectivity index (χ2n) is 5.34. The first-order chi connectivity index (χ1) is 19.9. The number of aliphatic hydroxyl groups is 1.